The maximum absolute atomic E-state index is 13.1. The number of carbonyl (C=O) groups excluding carboxylic acids is 2. The molecule has 1 atom stereocenters. The lowest BCUT2D eigenvalue weighted by Crippen LogP contribution is -2.32. The molecule has 0 radical (unpaired) electrons. The lowest BCUT2D eigenvalue weighted by atomic mass is 9.77. The number of benzene rings is 2. The Bertz CT molecular complexity index is 894. The Morgan fingerprint density at radius 2 is 1.60 bits per heavy atom. The highest BCUT2D eigenvalue weighted by Gasteiger charge is 2.54. The Kier molecular flexibility index (Phi) is 4.32. The van der Waals surface area contributed by atoms with Crippen molar-refractivity contribution in [1.82, 2.24) is 0 Å². The van der Waals surface area contributed by atoms with Gasteiger partial charge in [0.05, 0.1) is 28.7 Å². The highest BCUT2D eigenvalue weighted by atomic mass is 35.5. The number of anilines is 1. The predicted molar refractivity (Wildman–Crippen MR) is 96.6 cm³/mol. The molecule has 0 bridgehead atoms. The molecular formula is C19H14Cl2N2O2. The van der Waals surface area contributed by atoms with E-state index in [1.807, 2.05) is 6.07 Å². The van der Waals surface area contributed by atoms with Crippen molar-refractivity contribution in [2.24, 2.45) is 5.41 Å². The van der Waals surface area contributed by atoms with Gasteiger partial charge in [0.2, 0.25) is 11.8 Å². The van der Waals surface area contributed by atoms with Crippen molar-refractivity contribution in [2.45, 2.75) is 19.8 Å². The summed E-state index contributed by atoms with van der Waals surface area (Å²) >= 11 is 12.0. The van der Waals surface area contributed by atoms with E-state index < -0.39 is 11.3 Å². The molecule has 3 rings (SSSR count). The van der Waals surface area contributed by atoms with Gasteiger partial charge in [-0.15, -0.1) is 0 Å². The Balaban J connectivity index is 2.08. The maximum Gasteiger partial charge on any atom is 0.242 e. The van der Waals surface area contributed by atoms with Gasteiger partial charge in [-0.2, -0.15) is 5.26 Å². The van der Waals surface area contributed by atoms with Gasteiger partial charge in [-0.3, -0.25) is 9.59 Å². The first-order valence-corrected chi connectivity index (χ1v) is 8.36. The monoisotopic (exact) mass is 372 g/mol. The third-order valence-electron chi connectivity index (χ3n) is 4.42. The van der Waals surface area contributed by atoms with Crippen molar-refractivity contribution in [1.29, 1.82) is 5.26 Å². The highest BCUT2D eigenvalue weighted by molar-refractivity contribution is 6.36. The van der Waals surface area contributed by atoms with E-state index in [1.165, 1.54) is 0 Å². The van der Waals surface area contributed by atoms with Crippen LogP contribution in [0.5, 0.6) is 0 Å². The van der Waals surface area contributed by atoms with Crippen molar-refractivity contribution in [3.8, 4) is 6.07 Å². The average Bonchev–Trinajstić information content (AvgIpc) is 2.72. The largest absolute Gasteiger partial charge is 0.273 e. The second kappa shape index (κ2) is 6.18. The molecule has 1 heterocycles. The van der Waals surface area contributed by atoms with Crippen molar-refractivity contribution in [2.75, 3.05) is 4.90 Å². The van der Waals surface area contributed by atoms with Gasteiger partial charge in [0.1, 0.15) is 0 Å². The fraction of sp³-hybridized carbons (Fsp3) is 0.211. The summed E-state index contributed by atoms with van der Waals surface area (Å²) < 4.78 is 0. The molecule has 6 heteroatoms. The average molecular weight is 373 g/mol. The standard InChI is InChI=1S/C19H14Cl2N2O2/c1-19(2)16(12-5-3-11(10-22)4-6-12)17(24)23(18(19)25)15-8-13(20)7-14(21)9-15/h3-9,16H,1-2H3/t16-/m0/s1. The van der Waals surface area contributed by atoms with Gasteiger partial charge in [-0.25, -0.2) is 4.90 Å². The lowest BCUT2D eigenvalue weighted by molar-refractivity contribution is -0.124. The summed E-state index contributed by atoms with van der Waals surface area (Å²) in [6, 6.07) is 13.4. The molecule has 0 saturated carbocycles. The van der Waals surface area contributed by atoms with E-state index in [0.29, 0.717) is 26.9 Å². The second-order valence-electron chi connectivity index (χ2n) is 6.49. The van der Waals surface area contributed by atoms with Gasteiger partial charge in [-0.1, -0.05) is 35.3 Å². The fourth-order valence-electron chi connectivity index (χ4n) is 3.17. The van der Waals surface area contributed by atoms with Crippen LogP contribution >= 0.6 is 23.2 Å². The van der Waals surface area contributed by atoms with E-state index in [1.54, 1.807) is 56.3 Å². The van der Waals surface area contributed by atoms with E-state index in [4.69, 9.17) is 28.5 Å². The number of amides is 2. The lowest BCUT2D eigenvalue weighted by Gasteiger charge is -2.22. The Labute approximate surface area is 155 Å². The summed E-state index contributed by atoms with van der Waals surface area (Å²) in [5.74, 6) is -1.30. The van der Waals surface area contributed by atoms with E-state index in [2.05, 4.69) is 0 Å². The van der Waals surface area contributed by atoms with Crippen molar-refractivity contribution < 1.29 is 9.59 Å². The minimum Gasteiger partial charge on any atom is -0.273 e. The fourth-order valence-corrected chi connectivity index (χ4v) is 3.69. The third kappa shape index (κ3) is 2.90. The van der Waals surface area contributed by atoms with Crippen LogP contribution in [0.3, 0.4) is 0 Å². The summed E-state index contributed by atoms with van der Waals surface area (Å²) in [7, 11) is 0. The van der Waals surface area contributed by atoms with Gasteiger partial charge in [0.25, 0.3) is 0 Å². The number of imide groups is 1. The molecule has 0 aliphatic carbocycles. The van der Waals surface area contributed by atoms with E-state index in [-0.39, 0.29) is 11.8 Å². The van der Waals surface area contributed by atoms with Crippen LogP contribution in [0.4, 0.5) is 5.69 Å². The topological polar surface area (TPSA) is 61.2 Å². The van der Waals surface area contributed by atoms with Crippen LogP contribution in [-0.2, 0) is 9.59 Å². The molecule has 4 nitrogen and oxygen atoms in total. The first-order valence-electron chi connectivity index (χ1n) is 7.60. The molecule has 126 valence electrons. The number of halogens is 2. The van der Waals surface area contributed by atoms with Crippen LogP contribution in [0.15, 0.2) is 42.5 Å². The number of rotatable bonds is 2. The molecule has 0 aromatic heterocycles. The SMILES string of the molecule is CC1(C)C(=O)N(c2cc(Cl)cc(Cl)c2)C(=O)[C@@H]1c1ccc(C#N)cc1. The zero-order chi connectivity index (χ0) is 18.4. The number of carbonyl (C=O) groups is 2. The van der Waals surface area contributed by atoms with E-state index in [0.717, 1.165) is 4.90 Å². The summed E-state index contributed by atoms with van der Waals surface area (Å²) in [5, 5.41) is 9.63. The molecule has 1 aliphatic heterocycles. The number of hydrogen-bond donors (Lipinski definition) is 0. The molecule has 0 N–H and O–H groups in total. The Morgan fingerprint density at radius 1 is 1.04 bits per heavy atom. The van der Waals surface area contributed by atoms with Crippen molar-refractivity contribution in [3.05, 3.63) is 63.6 Å². The van der Waals surface area contributed by atoms with Crippen LogP contribution in [0.1, 0.15) is 30.9 Å². The highest BCUT2D eigenvalue weighted by Crippen LogP contribution is 2.46. The molecule has 0 spiro atoms. The molecule has 1 saturated heterocycles. The van der Waals surface area contributed by atoms with Gasteiger partial charge >= 0.3 is 0 Å². The molecule has 2 amide bonds. The predicted octanol–water partition coefficient (Wildman–Crippen LogP) is 4.55. The van der Waals surface area contributed by atoms with Gasteiger partial charge in [0, 0.05) is 10.0 Å². The number of hydrogen-bond acceptors (Lipinski definition) is 3. The Morgan fingerprint density at radius 3 is 2.12 bits per heavy atom. The number of nitriles is 1. The smallest absolute Gasteiger partial charge is 0.242 e. The van der Waals surface area contributed by atoms with Gasteiger partial charge in [-0.05, 0) is 49.7 Å². The summed E-state index contributed by atoms with van der Waals surface area (Å²) in [6.07, 6.45) is 0. The zero-order valence-corrected chi connectivity index (χ0v) is 15.1. The minimum atomic E-state index is -0.931. The quantitative estimate of drug-likeness (QED) is 0.726. The maximum atomic E-state index is 13.1. The number of nitrogens with zero attached hydrogens (tertiary/aromatic N) is 2. The molecule has 2 aromatic rings. The summed E-state index contributed by atoms with van der Waals surface area (Å²) in [5.41, 5.74) is 0.617. The van der Waals surface area contributed by atoms with Crippen LogP contribution < -0.4 is 4.90 Å². The van der Waals surface area contributed by atoms with Gasteiger partial charge in [0.15, 0.2) is 0 Å². The molecular weight excluding hydrogens is 359 g/mol. The minimum absolute atomic E-state index is 0.315. The normalized spacial score (nSPS) is 19.2. The summed E-state index contributed by atoms with van der Waals surface area (Å²) in [4.78, 5) is 27.1. The zero-order valence-electron chi connectivity index (χ0n) is 13.6. The van der Waals surface area contributed by atoms with E-state index in [9.17, 15) is 9.59 Å². The second-order valence-corrected chi connectivity index (χ2v) is 7.37. The Hall–Kier alpha value is -2.35. The first-order chi connectivity index (χ1) is 11.8. The molecule has 1 fully saturated rings. The van der Waals surface area contributed by atoms with Gasteiger partial charge < -0.3 is 0 Å². The molecule has 25 heavy (non-hydrogen) atoms. The van der Waals surface area contributed by atoms with E-state index >= 15 is 0 Å². The molecule has 2 aromatic carbocycles. The van der Waals surface area contributed by atoms with Crippen molar-refractivity contribution >= 4 is 40.7 Å². The van der Waals surface area contributed by atoms with Crippen LogP contribution in [-0.4, -0.2) is 11.8 Å². The van der Waals surface area contributed by atoms with Crippen molar-refractivity contribution in [3.63, 3.8) is 0 Å². The third-order valence-corrected chi connectivity index (χ3v) is 4.86. The summed E-state index contributed by atoms with van der Waals surface area (Å²) in [6.45, 7) is 3.48. The molecule has 0 unspecified atom stereocenters. The molecule has 1 aliphatic rings. The van der Waals surface area contributed by atoms with Crippen LogP contribution in [0, 0.1) is 16.7 Å². The first kappa shape index (κ1) is 17.5. The van der Waals surface area contributed by atoms with Crippen LogP contribution in [0.25, 0.3) is 0 Å². The van der Waals surface area contributed by atoms with Crippen LogP contribution in [0.2, 0.25) is 10.0 Å².